The van der Waals surface area contributed by atoms with Gasteiger partial charge in [0.15, 0.2) is 17.5 Å². The van der Waals surface area contributed by atoms with Crippen molar-refractivity contribution in [1.29, 1.82) is 0 Å². The van der Waals surface area contributed by atoms with Gasteiger partial charge in [-0.3, -0.25) is 9.97 Å². The molecule has 0 radical (unpaired) electrons. The van der Waals surface area contributed by atoms with Gasteiger partial charge in [-0.15, -0.1) is 0 Å². The number of nitrogens with zero attached hydrogens (tertiary/aromatic N) is 6. The molecule has 10 aromatic rings. The van der Waals surface area contributed by atoms with Crippen LogP contribution in [0.4, 0.5) is 17.1 Å². The van der Waals surface area contributed by atoms with Crippen LogP contribution in [0.2, 0.25) is 0 Å². The average molecular weight is 855 g/mol. The van der Waals surface area contributed by atoms with E-state index in [4.69, 9.17) is 24.9 Å². The van der Waals surface area contributed by atoms with Gasteiger partial charge in [-0.2, -0.15) is 0 Å². The lowest BCUT2D eigenvalue weighted by Crippen LogP contribution is -2.32. The summed E-state index contributed by atoms with van der Waals surface area (Å²) >= 11 is 3.73. The highest BCUT2D eigenvalue weighted by Crippen LogP contribution is 2.65. The molecule has 13 rings (SSSR count). The van der Waals surface area contributed by atoms with Crippen LogP contribution in [0, 0.1) is 0 Å². The number of fused-ring (bicyclic) bond motifs is 12. The lowest BCUT2D eigenvalue weighted by atomic mass is 9.67. The van der Waals surface area contributed by atoms with Crippen molar-refractivity contribution in [3.05, 3.63) is 229 Å². The van der Waals surface area contributed by atoms with Crippen LogP contribution in [-0.4, -0.2) is 24.9 Å². The smallest absolute Gasteiger partial charge is 0.164 e. The standard InChI is InChI=1S/C56H34N6S2/c1-4-16-35(17-5-1)53-59-54(36-18-6-2-7-19-36)61-55(60-53)38-21-14-20-37(32-38)39-33-44-50(58-34-39)49-42(25-15-31-57-49)56(44)41-24-10-12-27-47(41)63-51-43(56)29-30-46-52(51)64-48-28-13-11-26-45(48)62(46)40-22-8-3-9-23-40/h1-34H. The summed E-state index contributed by atoms with van der Waals surface area (Å²) in [6.45, 7) is 0. The highest BCUT2D eigenvalue weighted by molar-refractivity contribution is 8.02. The second-order valence-corrected chi connectivity index (χ2v) is 18.1. The summed E-state index contributed by atoms with van der Waals surface area (Å²) in [4.78, 5) is 32.8. The Morgan fingerprint density at radius 3 is 1.73 bits per heavy atom. The Kier molecular flexibility index (Phi) is 8.51. The van der Waals surface area contributed by atoms with E-state index in [2.05, 4.69) is 138 Å². The molecular formula is C56H34N6S2. The Bertz CT molecular complexity index is 3410. The van der Waals surface area contributed by atoms with Crippen molar-refractivity contribution in [3.63, 3.8) is 0 Å². The molecule has 300 valence electrons. The van der Waals surface area contributed by atoms with Gasteiger partial charge in [-0.05, 0) is 76.9 Å². The van der Waals surface area contributed by atoms with Gasteiger partial charge in [0.1, 0.15) is 0 Å². The van der Waals surface area contributed by atoms with Gasteiger partial charge < -0.3 is 4.90 Å². The molecule has 0 amide bonds. The number of pyridine rings is 2. The van der Waals surface area contributed by atoms with Crippen LogP contribution < -0.4 is 4.90 Å². The molecule has 0 saturated carbocycles. The van der Waals surface area contributed by atoms with E-state index >= 15 is 0 Å². The lowest BCUT2D eigenvalue weighted by molar-refractivity contribution is 0.711. The van der Waals surface area contributed by atoms with Gasteiger partial charge in [0.05, 0.1) is 33.1 Å². The predicted molar refractivity (Wildman–Crippen MR) is 257 cm³/mol. The Balaban J connectivity index is 1.01. The molecule has 64 heavy (non-hydrogen) atoms. The summed E-state index contributed by atoms with van der Waals surface area (Å²) in [6.07, 6.45) is 3.89. The zero-order valence-corrected chi connectivity index (χ0v) is 35.8. The minimum absolute atomic E-state index is 0.609. The first-order valence-corrected chi connectivity index (χ1v) is 22.9. The fraction of sp³-hybridized carbons (Fsp3) is 0.0179. The number of benzene rings is 7. The highest BCUT2D eigenvalue weighted by Gasteiger charge is 2.52. The maximum absolute atomic E-state index is 5.33. The molecule has 1 unspecified atom stereocenters. The van der Waals surface area contributed by atoms with Crippen LogP contribution in [0.15, 0.2) is 226 Å². The molecule has 6 nitrogen and oxygen atoms in total. The molecule has 0 fully saturated rings. The number of aromatic nitrogens is 5. The first kappa shape index (κ1) is 37.0. The average Bonchev–Trinajstić information content (AvgIpc) is 3.66. The summed E-state index contributed by atoms with van der Waals surface area (Å²) in [5.74, 6) is 1.87. The monoisotopic (exact) mass is 854 g/mol. The molecule has 0 N–H and O–H groups in total. The number of hydrogen-bond acceptors (Lipinski definition) is 8. The quantitative estimate of drug-likeness (QED) is 0.170. The van der Waals surface area contributed by atoms with E-state index < -0.39 is 5.41 Å². The van der Waals surface area contributed by atoms with Gasteiger partial charge in [0.2, 0.25) is 0 Å². The van der Waals surface area contributed by atoms with Gasteiger partial charge in [0, 0.05) is 60.6 Å². The van der Waals surface area contributed by atoms with Gasteiger partial charge in [-0.1, -0.05) is 163 Å². The number of hydrogen-bond donors (Lipinski definition) is 0. The van der Waals surface area contributed by atoms with Crippen LogP contribution in [-0.2, 0) is 5.41 Å². The fourth-order valence-corrected chi connectivity index (χ4v) is 12.2. The van der Waals surface area contributed by atoms with E-state index in [1.807, 2.05) is 96.6 Å². The minimum atomic E-state index is -0.676. The third-order valence-corrected chi connectivity index (χ3v) is 15.0. The maximum Gasteiger partial charge on any atom is 0.164 e. The summed E-state index contributed by atoms with van der Waals surface area (Å²) in [5.41, 5.74) is 14.2. The second-order valence-electron chi connectivity index (χ2n) is 16.0. The number of anilines is 3. The molecule has 1 aliphatic carbocycles. The van der Waals surface area contributed by atoms with Crippen molar-refractivity contribution in [2.45, 2.75) is 25.0 Å². The van der Waals surface area contributed by atoms with Crippen molar-refractivity contribution >= 4 is 40.6 Å². The first-order valence-electron chi connectivity index (χ1n) is 21.2. The Morgan fingerprint density at radius 2 is 0.969 bits per heavy atom. The Hall–Kier alpha value is -7.65. The van der Waals surface area contributed by atoms with E-state index in [-0.39, 0.29) is 0 Å². The van der Waals surface area contributed by atoms with Crippen LogP contribution in [0.3, 0.4) is 0 Å². The molecule has 3 aromatic heterocycles. The zero-order chi connectivity index (χ0) is 42.2. The molecule has 1 spiro atoms. The zero-order valence-electron chi connectivity index (χ0n) is 34.1. The minimum Gasteiger partial charge on any atom is -0.308 e. The summed E-state index contributed by atoms with van der Waals surface area (Å²) in [7, 11) is 0. The van der Waals surface area contributed by atoms with Gasteiger partial charge in [0.25, 0.3) is 0 Å². The third kappa shape index (κ3) is 5.66. The number of rotatable bonds is 5. The van der Waals surface area contributed by atoms with Crippen LogP contribution >= 0.6 is 23.5 Å². The Morgan fingerprint density at radius 1 is 0.375 bits per heavy atom. The molecule has 2 aliphatic heterocycles. The van der Waals surface area contributed by atoms with Crippen molar-refractivity contribution in [2.75, 3.05) is 4.90 Å². The maximum atomic E-state index is 5.33. The normalized spacial score (nSPS) is 15.1. The van der Waals surface area contributed by atoms with E-state index in [1.54, 1.807) is 0 Å². The lowest BCUT2D eigenvalue weighted by Gasteiger charge is -2.42. The van der Waals surface area contributed by atoms with Crippen molar-refractivity contribution in [1.82, 2.24) is 24.9 Å². The molecule has 5 heterocycles. The first-order chi connectivity index (χ1) is 31.7. The van der Waals surface area contributed by atoms with E-state index in [0.29, 0.717) is 17.5 Å². The predicted octanol–water partition coefficient (Wildman–Crippen LogP) is 14.1. The van der Waals surface area contributed by atoms with Gasteiger partial charge >= 0.3 is 0 Å². The molecule has 7 aromatic carbocycles. The van der Waals surface area contributed by atoms with Gasteiger partial charge in [-0.25, -0.2) is 15.0 Å². The van der Waals surface area contributed by atoms with E-state index in [1.165, 1.54) is 42.1 Å². The van der Waals surface area contributed by atoms with E-state index in [0.717, 1.165) is 56.0 Å². The fourth-order valence-electron chi connectivity index (χ4n) is 9.66. The number of para-hydroxylation sites is 2. The van der Waals surface area contributed by atoms with Crippen molar-refractivity contribution in [2.24, 2.45) is 0 Å². The molecule has 1 atom stereocenters. The SMILES string of the molecule is c1ccc(-c2nc(-c3ccccc3)nc(-c3cccc(-c4cnc5c(c4)C4(c6ccccc6Sc6c4ccc4c6Sc6ccccc6N4c4ccccc4)c4cccnc4-5)c3)n2)cc1. The van der Waals surface area contributed by atoms with Crippen molar-refractivity contribution in [3.8, 4) is 56.7 Å². The van der Waals surface area contributed by atoms with E-state index in [9.17, 15) is 0 Å². The summed E-state index contributed by atoms with van der Waals surface area (Å²) < 4.78 is 0. The molecule has 0 saturated heterocycles. The second kappa shape index (κ2) is 14.7. The Labute approximate surface area is 378 Å². The van der Waals surface area contributed by atoms with Crippen molar-refractivity contribution < 1.29 is 0 Å². The largest absolute Gasteiger partial charge is 0.308 e. The highest BCUT2D eigenvalue weighted by atomic mass is 32.2. The molecule has 0 bridgehead atoms. The summed E-state index contributed by atoms with van der Waals surface area (Å²) in [6, 6.07) is 68.4. The van der Waals surface area contributed by atoms with Crippen LogP contribution in [0.1, 0.15) is 22.3 Å². The van der Waals surface area contributed by atoms with Crippen LogP contribution in [0.25, 0.3) is 56.7 Å². The third-order valence-electron chi connectivity index (χ3n) is 12.5. The summed E-state index contributed by atoms with van der Waals surface area (Å²) in [5, 5.41) is 0. The van der Waals surface area contributed by atoms with Crippen LogP contribution in [0.5, 0.6) is 0 Å². The molecular weight excluding hydrogens is 821 g/mol. The molecule has 3 aliphatic rings. The topological polar surface area (TPSA) is 67.7 Å². The molecule has 8 heteroatoms.